The molecule has 1 heterocycles. The minimum Gasteiger partial charge on any atom is -0.496 e. The van der Waals surface area contributed by atoms with Crippen molar-refractivity contribution in [3.05, 3.63) is 58.6 Å². The Bertz CT molecular complexity index is 766. The lowest BCUT2D eigenvalue weighted by Gasteiger charge is -2.25. The number of carbonyl (C=O) groups excluding carboxylic acids is 1. The number of nitrogens with zero attached hydrogens (tertiary/aromatic N) is 2. The van der Waals surface area contributed by atoms with Crippen LogP contribution in [0.1, 0.15) is 15.9 Å². The molecule has 0 spiro atoms. The lowest BCUT2D eigenvalue weighted by molar-refractivity contribution is 0.0843. The fraction of sp³-hybridized carbons (Fsp3) is 0.0667. The Balaban J connectivity index is 1.97. The normalized spacial score (nSPS) is 13.0. The van der Waals surface area contributed by atoms with E-state index in [9.17, 15) is 9.82 Å². The number of ether oxygens (including phenoxy) is 1. The molecule has 0 fully saturated rings. The van der Waals surface area contributed by atoms with Crippen LogP contribution in [0.3, 0.4) is 0 Å². The van der Waals surface area contributed by atoms with Gasteiger partial charge in [-0.15, -0.1) is 0 Å². The van der Waals surface area contributed by atoms with E-state index < -0.39 is 13.0 Å². The van der Waals surface area contributed by atoms with Gasteiger partial charge in [0.05, 0.1) is 18.9 Å². The molecule has 0 radical (unpaired) electrons. The summed E-state index contributed by atoms with van der Waals surface area (Å²) in [6.45, 7) is 0. The average Bonchev–Trinajstić information content (AvgIpc) is 2.54. The summed E-state index contributed by atoms with van der Waals surface area (Å²) >= 11 is 5.92. The molecule has 0 saturated carbocycles. The van der Waals surface area contributed by atoms with Crippen molar-refractivity contribution < 1.29 is 14.6 Å². The molecule has 22 heavy (non-hydrogen) atoms. The minimum absolute atomic E-state index is 0.332. The van der Waals surface area contributed by atoms with E-state index in [1.165, 1.54) is 13.3 Å². The molecular weight excluding hydrogens is 302 g/mol. The third-order valence-corrected chi connectivity index (χ3v) is 3.66. The van der Waals surface area contributed by atoms with Crippen molar-refractivity contribution in [3.63, 3.8) is 0 Å². The second kappa shape index (κ2) is 5.83. The van der Waals surface area contributed by atoms with E-state index in [1.54, 1.807) is 42.5 Å². The van der Waals surface area contributed by atoms with E-state index in [1.807, 2.05) is 0 Å². The van der Waals surface area contributed by atoms with E-state index in [0.29, 0.717) is 27.4 Å². The molecule has 0 aliphatic carbocycles. The summed E-state index contributed by atoms with van der Waals surface area (Å²) in [4.78, 5) is 13.6. The number of hydrogen-bond donors (Lipinski definition) is 1. The monoisotopic (exact) mass is 314 g/mol. The Morgan fingerprint density at radius 1 is 1.32 bits per heavy atom. The fourth-order valence-corrected chi connectivity index (χ4v) is 2.50. The van der Waals surface area contributed by atoms with Gasteiger partial charge in [-0.05, 0) is 35.3 Å². The third kappa shape index (κ3) is 2.47. The van der Waals surface area contributed by atoms with Crippen LogP contribution in [-0.4, -0.2) is 36.2 Å². The van der Waals surface area contributed by atoms with Crippen LogP contribution in [0.25, 0.3) is 0 Å². The van der Waals surface area contributed by atoms with Gasteiger partial charge in [-0.1, -0.05) is 29.8 Å². The maximum absolute atomic E-state index is 12.6. The molecule has 1 amide bonds. The van der Waals surface area contributed by atoms with E-state index in [0.717, 1.165) is 4.92 Å². The smallest absolute Gasteiger partial charge is 0.474 e. The van der Waals surface area contributed by atoms with E-state index in [4.69, 9.17) is 16.3 Å². The number of carbonyl (C=O) groups is 1. The number of amides is 1. The summed E-state index contributed by atoms with van der Waals surface area (Å²) in [6.07, 6.45) is 1.50. The number of hydrazone groups is 1. The Hall–Kier alpha value is -2.31. The number of benzene rings is 2. The molecule has 0 unspecified atom stereocenters. The highest BCUT2D eigenvalue weighted by Crippen LogP contribution is 2.21. The average molecular weight is 315 g/mol. The van der Waals surface area contributed by atoms with E-state index >= 15 is 0 Å². The fourth-order valence-electron chi connectivity index (χ4n) is 2.32. The van der Waals surface area contributed by atoms with Crippen molar-refractivity contribution in [2.75, 3.05) is 7.11 Å². The summed E-state index contributed by atoms with van der Waals surface area (Å²) in [7, 11) is 0.314. The zero-order valence-corrected chi connectivity index (χ0v) is 12.5. The standard InChI is InChI=1S/C15H12BClN2O3/c1-22-14-5-3-2-4-12(14)15(20)19-16(21)13-7-6-11(17)8-10(13)9-18-19/h2-9,21H,1H3. The first-order valence-electron chi connectivity index (χ1n) is 6.60. The highest BCUT2D eigenvalue weighted by molar-refractivity contribution is 6.68. The highest BCUT2D eigenvalue weighted by atomic mass is 35.5. The van der Waals surface area contributed by atoms with E-state index in [2.05, 4.69) is 5.10 Å². The molecule has 7 heteroatoms. The number of hydrogen-bond acceptors (Lipinski definition) is 4. The zero-order valence-electron chi connectivity index (χ0n) is 11.7. The summed E-state index contributed by atoms with van der Waals surface area (Å²) in [5.41, 5.74) is 1.59. The lowest BCUT2D eigenvalue weighted by atomic mass is 9.69. The summed E-state index contributed by atoms with van der Waals surface area (Å²) in [5, 5.41) is 15.0. The van der Waals surface area contributed by atoms with Crippen molar-refractivity contribution in [2.24, 2.45) is 5.10 Å². The Morgan fingerprint density at radius 2 is 2.09 bits per heavy atom. The maximum atomic E-state index is 12.6. The Labute approximate surface area is 132 Å². The molecule has 2 aromatic rings. The topological polar surface area (TPSA) is 62.1 Å². The number of fused-ring (bicyclic) bond motifs is 1. The van der Waals surface area contributed by atoms with Crippen molar-refractivity contribution in [3.8, 4) is 5.75 Å². The van der Waals surface area contributed by atoms with Crippen molar-refractivity contribution in [1.29, 1.82) is 0 Å². The van der Waals surface area contributed by atoms with Crippen LogP contribution in [0.2, 0.25) is 5.02 Å². The van der Waals surface area contributed by atoms with Crippen LogP contribution in [0.4, 0.5) is 0 Å². The number of para-hydroxylation sites is 1. The van der Waals surface area contributed by atoms with Crippen LogP contribution in [0.5, 0.6) is 5.75 Å². The Kier molecular flexibility index (Phi) is 3.87. The van der Waals surface area contributed by atoms with Crippen LogP contribution in [-0.2, 0) is 0 Å². The number of halogens is 1. The van der Waals surface area contributed by atoms with Gasteiger partial charge in [0.2, 0.25) is 0 Å². The zero-order chi connectivity index (χ0) is 15.7. The first kappa shape index (κ1) is 14.6. The molecule has 0 bridgehead atoms. The summed E-state index contributed by atoms with van der Waals surface area (Å²) < 4.78 is 5.18. The van der Waals surface area contributed by atoms with Gasteiger partial charge in [0.25, 0.3) is 5.91 Å². The molecule has 0 atom stereocenters. The van der Waals surface area contributed by atoms with Gasteiger partial charge in [-0.25, -0.2) is 4.92 Å². The van der Waals surface area contributed by atoms with Gasteiger partial charge in [0.1, 0.15) is 5.75 Å². The summed E-state index contributed by atoms with van der Waals surface area (Å²) in [6, 6.07) is 11.8. The van der Waals surface area contributed by atoms with Crippen molar-refractivity contribution in [2.45, 2.75) is 0 Å². The number of methoxy groups -OCH3 is 1. The molecule has 110 valence electrons. The predicted molar refractivity (Wildman–Crippen MR) is 85.8 cm³/mol. The molecular formula is C15H12BClN2O3. The molecule has 2 aromatic carbocycles. The molecule has 1 N–H and O–H groups in total. The van der Waals surface area contributed by atoms with Crippen LogP contribution in [0.15, 0.2) is 47.6 Å². The van der Waals surface area contributed by atoms with Crippen LogP contribution < -0.4 is 10.2 Å². The highest BCUT2D eigenvalue weighted by Gasteiger charge is 2.34. The van der Waals surface area contributed by atoms with Gasteiger partial charge >= 0.3 is 7.05 Å². The van der Waals surface area contributed by atoms with Crippen LogP contribution in [0, 0.1) is 0 Å². The van der Waals surface area contributed by atoms with Crippen LogP contribution >= 0.6 is 11.6 Å². The van der Waals surface area contributed by atoms with Gasteiger partial charge in [-0.3, -0.25) is 4.79 Å². The largest absolute Gasteiger partial charge is 0.496 e. The second-order valence-corrected chi connectivity index (χ2v) is 5.18. The third-order valence-electron chi connectivity index (χ3n) is 3.43. The quantitative estimate of drug-likeness (QED) is 0.855. The molecule has 1 aliphatic rings. The molecule has 0 aromatic heterocycles. The van der Waals surface area contributed by atoms with Crippen molar-refractivity contribution >= 4 is 36.2 Å². The first-order chi connectivity index (χ1) is 10.6. The van der Waals surface area contributed by atoms with Crippen molar-refractivity contribution in [1.82, 2.24) is 4.92 Å². The lowest BCUT2D eigenvalue weighted by Crippen LogP contribution is -2.52. The summed E-state index contributed by atoms with van der Waals surface area (Å²) in [5.74, 6) is -0.0152. The number of rotatable bonds is 2. The maximum Gasteiger partial charge on any atom is 0.474 e. The molecule has 5 nitrogen and oxygen atoms in total. The molecule has 0 saturated heterocycles. The van der Waals surface area contributed by atoms with E-state index in [-0.39, 0.29) is 0 Å². The van der Waals surface area contributed by atoms with Gasteiger partial charge in [-0.2, -0.15) is 5.10 Å². The predicted octanol–water partition coefficient (Wildman–Crippen LogP) is 1.53. The second-order valence-electron chi connectivity index (χ2n) is 4.74. The first-order valence-corrected chi connectivity index (χ1v) is 6.97. The van der Waals surface area contributed by atoms with Gasteiger partial charge in [0.15, 0.2) is 0 Å². The van der Waals surface area contributed by atoms with Gasteiger partial charge in [0, 0.05) is 5.02 Å². The Morgan fingerprint density at radius 3 is 2.86 bits per heavy atom. The minimum atomic E-state index is -1.17. The van der Waals surface area contributed by atoms with Gasteiger partial charge < -0.3 is 9.76 Å². The SMILES string of the molecule is COc1ccccc1C(=O)N1N=Cc2cc(Cl)ccc2B1O. The molecule has 1 aliphatic heterocycles. The molecule has 3 rings (SSSR count).